The van der Waals surface area contributed by atoms with Crippen LogP contribution in [-0.2, 0) is 0 Å². The summed E-state index contributed by atoms with van der Waals surface area (Å²) in [4.78, 5) is 0. The SMILES string of the molecule is C[P+](c1ccccc1)(c1ccccc1)c1ccccc1-c1coc2ccc(C#N)cc12.[Br-]. The molecule has 1 heterocycles. The second-order valence-electron chi connectivity index (χ2n) is 7.67. The minimum Gasteiger partial charge on any atom is -1.00 e. The monoisotopic (exact) mass is 497 g/mol. The molecule has 0 spiro atoms. The first-order valence-corrected chi connectivity index (χ1v) is 12.4. The van der Waals surface area contributed by atoms with Crippen molar-refractivity contribution >= 4 is 34.1 Å². The molecular formula is C28H21BrNOP. The summed E-state index contributed by atoms with van der Waals surface area (Å²) in [5.74, 6) is 0. The zero-order valence-corrected chi connectivity index (χ0v) is 20.1. The molecule has 0 radical (unpaired) electrons. The Hall–Kier alpha value is -3.18. The fourth-order valence-electron chi connectivity index (χ4n) is 4.28. The third-order valence-electron chi connectivity index (χ3n) is 5.92. The number of nitrogens with zero attached hydrogens (tertiary/aromatic N) is 1. The minimum atomic E-state index is -1.91. The average Bonchev–Trinajstić information content (AvgIpc) is 3.27. The van der Waals surface area contributed by atoms with Crippen LogP contribution >= 0.6 is 7.26 Å². The highest BCUT2D eigenvalue weighted by Gasteiger charge is 2.42. The Kier molecular flexibility index (Phi) is 6.28. The molecule has 0 unspecified atom stereocenters. The molecule has 4 heteroatoms. The Morgan fingerprint density at radius 2 is 1.31 bits per heavy atom. The van der Waals surface area contributed by atoms with E-state index in [0.29, 0.717) is 5.56 Å². The summed E-state index contributed by atoms with van der Waals surface area (Å²) in [6, 6.07) is 38.0. The second kappa shape index (κ2) is 9.13. The van der Waals surface area contributed by atoms with Crippen LogP contribution in [0.25, 0.3) is 22.1 Å². The summed E-state index contributed by atoms with van der Waals surface area (Å²) in [7, 11) is -1.91. The molecule has 0 fully saturated rings. The molecule has 4 aromatic carbocycles. The van der Waals surface area contributed by atoms with Gasteiger partial charge in [-0.05, 0) is 48.5 Å². The van der Waals surface area contributed by atoms with E-state index in [0.717, 1.165) is 22.1 Å². The normalized spacial score (nSPS) is 11.0. The lowest BCUT2D eigenvalue weighted by molar-refractivity contribution is -0.00000659. The number of benzene rings is 4. The van der Waals surface area contributed by atoms with Gasteiger partial charge in [-0.1, -0.05) is 54.6 Å². The Bertz CT molecular complexity index is 1360. The highest BCUT2D eigenvalue weighted by Crippen LogP contribution is 2.53. The summed E-state index contributed by atoms with van der Waals surface area (Å²) < 4.78 is 5.88. The molecule has 0 bridgehead atoms. The van der Waals surface area contributed by atoms with Gasteiger partial charge in [0.25, 0.3) is 0 Å². The van der Waals surface area contributed by atoms with E-state index in [1.54, 1.807) is 6.07 Å². The van der Waals surface area contributed by atoms with Crippen molar-refractivity contribution < 1.29 is 21.4 Å². The van der Waals surface area contributed by atoms with Crippen molar-refractivity contribution in [1.29, 1.82) is 5.26 Å². The minimum absolute atomic E-state index is 0. The molecule has 2 nitrogen and oxygen atoms in total. The fraction of sp³-hybridized carbons (Fsp3) is 0.0357. The van der Waals surface area contributed by atoms with E-state index < -0.39 is 7.26 Å². The maximum absolute atomic E-state index is 9.40. The molecule has 0 N–H and O–H groups in total. The molecule has 156 valence electrons. The number of hydrogen-bond acceptors (Lipinski definition) is 2. The van der Waals surface area contributed by atoms with Crippen molar-refractivity contribution in [2.24, 2.45) is 0 Å². The summed E-state index contributed by atoms with van der Waals surface area (Å²) in [5.41, 5.74) is 3.61. The van der Waals surface area contributed by atoms with E-state index in [1.807, 2.05) is 18.4 Å². The third kappa shape index (κ3) is 3.67. The molecule has 0 saturated carbocycles. The van der Waals surface area contributed by atoms with Crippen LogP contribution in [0.4, 0.5) is 0 Å². The van der Waals surface area contributed by atoms with Gasteiger partial charge in [-0.15, -0.1) is 0 Å². The fourth-order valence-corrected chi connectivity index (χ4v) is 7.73. The molecule has 0 atom stereocenters. The van der Waals surface area contributed by atoms with Crippen LogP contribution in [0.1, 0.15) is 5.56 Å². The largest absolute Gasteiger partial charge is 1.00 e. The molecule has 0 aliphatic carbocycles. The zero-order chi connectivity index (χ0) is 21.3. The molecule has 0 amide bonds. The van der Waals surface area contributed by atoms with E-state index in [-0.39, 0.29) is 17.0 Å². The van der Waals surface area contributed by atoms with Crippen LogP contribution in [-0.4, -0.2) is 6.66 Å². The third-order valence-corrected chi connectivity index (χ3v) is 9.94. The van der Waals surface area contributed by atoms with Gasteiger partial charge < -0.3 is 21.4 Å². The Labute approximate surface area is 199 Å². The van der Waals surface area contributed by atoms with Gasteiger partial charge >= 0.3 is 0 Å². The Morgan fingerprint density at radius 1 is 0.719 bits per heavy atom. The smallest absolute Gasteiger partial charge is 0.134 e. The van der Waals surface area contributed by atoms with Gasteiger partial charge in [-0.25, -0.2) is 0 Å². The first-order valence-electron chi connectivity index (χ1n) is 10.2. The van der Waals surface area contributed by atoms with E-state index in [2.05, 4.69) is 97.7 Å². The molecule has 0 aliphatic heterocycles. The topological polar surface area (TPSA) is 36.9 Å². The van der Waals surface area contributed by atoms with Crippen LogP contribution in [0.2, 0.25) is 0 Å². The summed E-state index contributed by atoms with van der Waals surface area (Å²) in [6.07, 6.45) is 1.82. The summed E-state index contributed by atoms with van der Waals surface area (Å²) in [6.45, 7) is 2.39. The first kappa shape index (κ1) is 22.0. The van der Waals surface area contributed by atoms with Crippen LogP contribution in [0.5, 0.6) is 0 Å². The van der Waals surface area contributed by atoms with Gasteiger partial charge in [-0.3, -0.25) is 0 Å². The molecule has 5 rings (SSSR count). The van der Waals surface area contributed by atoms with Gasteiger partial charge in [0.05, 0.1) is 24.6 Å². The van der Waals surface area contributed by atoms with Crippen LogP contribution in [0, 0.1) is 11.3 Å². The molecule has 5 aromatic rings. The highest BCUT2D eigenvalue weighted by atomic mass is 79.9. The van der Waals surface area contributed by atoms with Crippen LogP contribution in [0.3, 0.4) is 0 Å². The van der Waals surface area contributed by atoms with Gasteiger partial charge in [-0.2, -0.15) is 5.26 Å². The van der Waals surface area contributed by atoms with Gasteiger partial charge in [0, 0.05) is 16.5 Å². The van der Waals surface area contributed by atoms with Crippen molar-refractivity contribution in [1.82, 2.24) is 0 Å². The van der Waals surface area contributed by atoms with Gasteiger partial charge in [0.1, 0.15) is 28.8 Å². The average molecular weight is 498 g/mol. The maximum atomic E-state index is 9.40. The zero-order valence-electron chi connectivity index (χ0n) is 17.6. The lowest BCUT2D eigenvalue weighted by atomic mass is 10.0. The number of furan rings is 1. The summed E-state index contributed by atoms with van der Waals surface area (Å²) in [5, 5.41) is 14.3. The highest BCUT2D eigenvalue weighted by molar-refractivity contribution is 7.95. The van der Waals surface area contributed by atoms with Crippen molar-refractivity contribution in [3.8, 4) is 17.2 Å². The van der Waals surface area contributed by atoms with Crippen molar-refractivity contribution in [3.05, 3.63) is 115 Å². The van der Waals surface area contributed by atoms with Crippen molar-refractivity contribution in [3.63, 3.8) is 0 Å². The van der Waals surface area contributed by atoms with Crippen LogP contribution in [0.15, 0.2) is 114 Å². The van der Waals surface area contributed by atoms with E-state index >= 15 is 0 Å². The van der Waals surface area contributed by atoms with Crippen molar-refractivity contribution in [2.75, 3.05) is 6.66 Å². The van der Waals surface area contributed by atoms with E-state index in [1.165, 1.54) is 15.9 Å². The van der Waals surface area contributed by atoms with Crippen LogP contribution < -0.4 is 32.9 Å². The van der Waals surface area contributed by atoms with Crippen molar-refractivity contribution in [2.45, 2.75) is 0 Å². The second-order valence-corrected chi connectivity index (χ2v) is 11.2. The number of nitriles is 1. The number of fused-ring (bicyclic) bond motifs is 1. The van der Waals surface area contributed by atoms with Gasteiger partial charge in [0.15, 0.2) is 0 Å². The predicted molar refractivity (Wildman–Crippen MR) is 131 cm³/mol. The lowest BCUT2D eigenvalue weighted by Gasteiger charge is -2.25. The quantitative estimate of drug-likeness (QED) is 0.358. The Morgan fingerprint density at radius 3 is 1.94 bits per heavy atom. The standard InChI is InChI=1S/C28H21NOP.BrH/c1-31(22-10-4-2-5-11-22,23-12-6-3-7-13-23)28-15-9-8-14-24(28)26-20-30-27-17-16-21(19-29)18-25(26)27;/h2-18,20H,1H3;1H/q+1;/p-1. The Balaban J connectivity index is 0.00000245. The first-order chi connectivity index (χ1) is 15.2. The molecule has 32 heavy (non-hydrogen) atoms. The molecule has 0 aliphatic rings. The molecule has 0 saturated heterocycles. The molecular weight excluding hydrogens is 477 g/mol. The van der Waals surface area contributed by atoms with E-state index in [9.17, 15) is 5.26 Å². The molecule has 1 aromatic heterocycles. The number of halogens is 1. The lowest BCUT2D eigenvalue weighted by Crippen LogP contribution is -3.00. The maximum Gasteiger partial charge on any atom is 0.134 e. The number of hydrogen-bond donors (Lipinski definition) is 0. The summed E-state index contributed by atoms with van der Waals surface area (Å²) >= 11 is 0. The van der Waals surface area contributed by atoms with Gasteiger partial charge in [0.2, 0.25) is 0 Å². The number of rotatable bonds is 4. The predicted octanol–water partition coefficient (Wildman–Crippen LogP) is 2.90. The van der Waals surface area contributed by atoms with E-state index in [4.69, 9.17) is 4.42 Å².